The maximum Gasteiger partial charge on any atom is 0.337 e. The van der Waals surface area contributed by atoms with Gasteiger partial charge in [0.15, 0.2) is 16.5 Å². The molecule has 130 valence electrons. The first-order valence-corrected chi connectivity index (χ1v) is 7.62. The molecule has 0 saturated carbocycles. The Morgan fingerprint density at radius 3 is 2.23 bits per heavy atom. The first-order valence-electron chi connectivity index (χ1n) is 7.24. The maximum absolute atomic E-state index is 12.0. The van der Waals surface area contributed by atoms with Crippen molar-refractivity contribution >= 4 is 29.2 Å². The number of nitriles is 2. The number of nitrogens with zero attached hydrogens (tertiary/aromatic N) is 5. The fourth-order valence-corrected chi connectivity index (χ4v) is 2.32. The predicted molar refractivity (Wildman–Crippen MR) is 91.1 cm³/mol. The van der Waals surface area contributed by atoms with Gasteiger partial charge in [0, 0.05) is 12.6 Å². The molecule has 9 heteroatoms. The first kappa shape index (κ1) is 18.8. The van der Waals surface area contributed by atoms with Crippen LogP contribution in [-0.2, 0) is 16.1 Å². The molecule has 2 rings (SSSR count). The van der Waals surface area contributed by atoms with Crippen molar-refractivity contribution < 1.29 is 14.3 Å². The Hall–Kier alpha value is -3.49. The van der Waals surface area contributed by atoms with Crippen LogP contribution >= 0.6 is 11.6 Å². The Morgan fingerprint density at radius 1 is 1.15 bits per heavy atom. The SMILES string of the molecule is COC(=O)c1ccc(N(Cc2nc(C#N)c(C#N)nc2Cl)C(C)=O)cc1. The summed E-state index contributed by atoms with van der Waals surface area (Å²) in [6, 6.07) is 9.69. The summed E-state index contributed by atoms with van der Waals surface area (Å²) in [7, 11) is 1.27. The number of rotatable bonds is 4. The van der Waals surface area contributed by atoms with Crippen LogP contribution in [-0.4, -0.2) is 29.0 Å². The van der Waals surface area contributed by atoms with E-state index in [1.165, 1.54) is 31.1 Å². The van der Waals surface area contributed by atoms with E-state index < -0.39 is 5.97 Å². The van der Waals surface area contributed by atoms with Crippen LogP contribution in [0, 0.1) is 22.7 Å². The monoisotopic (exact) mass is 369 g/mol. The lowest BCUT2D eigenvalue weighted by Gasteiger charge is -2.21. The number of hydrogen-bond donors (Lipinski definition) is 0. The molecule has 0 bridgehead atoms. The molecule has 0 fully saturated rings. The second-order valence-corrected chi connectivity index (χ2v) is 5.38. The Labute approximate surface area is 154 Å². The normalized spacial score (nSPS) is 9.73. The number of benzene rings is 1. The summed E-state index contributed by atoms with van der Waals surface area (Å²) in [4.78, 5) is 32.7. The largest absolute Gasteiger partial charge is 0.465 e. The smallest absolute Gasteiger partial charge is 0.337 e. The number of esters is 1. The van der Waals surface area contributed by atoms with Gasteiger partial charge >= 0.3 is 5.97 Å². The Balaban J connectivity index is 2.38. The molecule has 26 heavy (non-hydrogen) atoms. The van der Waals surface area contributed by atoms with Crippen LogP contribution in [0.5, 0.6) is 0 Å². The van der Waals surface area contributed by atoms with E-state index in [-0.39, 0.29) is 34.7 Å². The van der Waals surface area contributed by atoms with E-state index in [0.29, 0.717) is 11.3 Å². The zero-order valence-electron chi connectivity index (χ0n) is 13.9. The summed E-state index contributed by atoms with van der Waals surface area (Å²) in [6.07, 6.45) is 0. The van der Waals surface area contributed by atoms with Crippen LogP contribution in [0.1, 0.15) is 34.4 Å². The van der Waals surface area contributed by atoms with Crippen molar-refractivity contribution in [2.45, 2.75) is 13.5 Å². The van der Waals surface area contributed by atoms with Crippen molar-refractivity contribution in [3.63, 3.8) is 0 Å². The average molecular weight is 370 g/mol. The van der Waals surface area contributed by atoms with Crippen LogP contribution in [0.25, 0.3) is 0 Å². The third-order valence-electron chi connectivity index (χ3n) is 3.42. The standard InChI is InChI=1S/C17H12ClN5O3/c1-10(24)23(12-5-3-11(4-6-12)17(25)26-2)9-15-16(18)22-14(8-20)13(7-19)21-15/h3-6H,9H2,1-2H3. The molecular formula is C17H12ClN5O3. The molecule has 1 aromatic carbocycles. The van der Waals surface area contributed by atoms with Gasteiger partial charge in [-0.05, 0) is 24.3 Å². The van der Waals surface area contributed by atoms with Crippen molar-refractivity contribution in [3.05, 3.63) is 52.1 Å². The minimum Gasteiger partial charge on any atom is -0.465 e. The van der Waals surface area contributed by atoms with Crippen LogP contribution in [0.3, 0.4) is 0 Å². The summed E-state index contributed by atoms with van der Waals surface area (Å²) in [5, 5.41) is 17.9. The maximum atomic E-state index is 12.0. The zero-order valence-corrected chi connectivity index (χ0v) is 14.6. The number of amides is 1. The Bertz CT molecular complexity index is 945. The van der Waals surface area contributed by atoms with Gasteiger partial charge in [-0.15, -0.1) is 0 Å². The van der Waals surface area contributed by atoms with Crippen LogP contribution in [0.4, 0.5) is 5.69 Å². The fourth-order valence-electron chi connectivity index (χ4n) is 2.14. The number of carbonyl (C=O) groups excluding carboxylic acids is 2. The molecular weight excluding hydrogens is 358 g/mol. The zero-order chi connectivity index (χ0) is 19.3. The second-order valence-electron chi connectivity index (χ2n) is 5.03. The van der Waals surface area contributed by atoms with Crippen molar-refractivity contribution in [3.8, 4) is 12.1 Å². The van der Waals surface area contributed by atoms with Crippen molar-refractivity contribution in [2.24, 2.45) is 0 Å². The Kier molecular flexibility index (Phi) is 5.84. The van der Waals surface area contributed by atoms with E-state index in [1.54, 1.807) is 24.3 Å². The molecule has 0 radical (unpaired) electrons. The number of ether oxygens (including phenoxy) is 1. The quantitative estimate of drug-likeness (QED) is 0.757. The molecule has 0 atom stereocenters. The molecule has 0 aliphatic heterocycles. The highest BCUT2D eigenvalue weighted by Gasteiger charge is 2.19. The highest BCUT2D eigenvalue weighted by Crippen LogP contribution is 2.22. The van der Waals surface area contributed by atoms with Crippen LogP contribution in [0.2, 0.25) is 5.15 Å². The fraction of sp³-hybridized carbons (Fsp3) is 0.176. The first-order chi connectivity index (χ1) is 12.4. The number of carbonyl (C=O) groups is 2. The van der Waals surface area contributed by atoms with E-state index in [1.807, 2.05) is 0 Å². The van der Waals surface area contributed by atoms with E-state index >= 15 is 0 Å². The average Bonchev–Trinajstić information content (AvgIpc) is 2.65. The topological polar surface area (TPSA) is 120 Å². The molecule has 0 unspecified atom stereocenters. The minimum absolute atomic E-state index is 0.0564. The number of anilines is 1. The van der Waals surface area contributed by atoms with E-state index in [0.717, 1.165) is 0 Å². The molecule has 8 nitrogen and oxygen atoms in total. The molecule has 0 N–H and O–H groups in total. The number of hydrogen-bond acceptors (Lipinski definition) is 7. The summed E-state index contributed by atoms with van der Waals surface area (Å²) in [5.74, 6) is -0.804. The molecule has 1 amide bonds. The lowest BCUT2D eigenvalue weighted by molar-refractivity contribution is -0.116. The highest BCUT2D eigenvalue weighted by molar-refractivity contribution is 6.30. The van der Waals surface area contributed by atoms with Crippen LogP contribution < -0.4 is 4.90 Å². The van der Waals surface area contributed by atoms with Gasteiger partial charge in [-0.3, -0.25) is 4.79 Å². The van der Waals surface area contributed by atoms with Gasteiger partial charge in [0.2, 0.25) is 5.91 Å². The number of methoxy groups -OCH3 is 1. The summed E-state index contributed by atoms with van der Waals surface area (Å²) in [6.45, 7) is 1.30. The molecule has 0 aliphatic rings. The van der Waals surface area contributed by atoms with Crippen LogP contribution in [0.15, 0.2) is 24.3 Å². The van der Waals surface area contributed by atoms with Gasteiger partial charge in [0.25, 0.3) is 0 Å². The number of halogens is 1. The lowest BCUT2D eigenvalue weighted by Crippen LogP contribution is -2.28. The molecule has 0 saturated heterocycles. The molecule has 1 aromatic heterocycles. The van der Waals surface area contributed by atoms with Crippen molar-refractivity contribution in [1.29, 1.82) is 10.5 Å². The third kappa shape index (κ3) is 3.94. The van der Waals surface area contributed by atoms with E-state index in [2.05, 4.69) is 14.7 Å². The summed E-state index contributed by atoms with van der Waals surface area (Å²) >= 11 is 6.03. The van der Waals surface area contributed by atoms with Gasteiger partial charge in [-0.25, -0.2) is 14.8 Å². The molecule has 0 aliphatic carbocycles. The van der Waals surface area contributed by atoms with E-state index in [9.17, 15) is 9.59 Å². The summed E-state index contributed by atoms with van der Waals surface area (Å²) < 4.78 is 4.63. The van der Waals surface area contributed by atoms with Gasteiger partial charge in [0.1, 0.15) is 12.1 Å². The molecule has 1 heterocycles. The predicted octanol–water partition coefficient (Wildman–Crippen LogP) is 2.21. The highest BCUT2D eigenvalue weighted by atomic mass is 35.5. The second kappa shape index (κ2) is 8.06. The number of aromatic nitrogens is 2. The van der Waals surface area contributed by atoms with Gasteiger partial charge in [0.05, 0.1) is 24.9 Å². The van der Waals surface area contributed by atoms with Crippen molar-refractivity contribution in [2.75, 3.05) is 12.0 Å². The lowest BCUT2D eigenvalue weighted by atomic mass is 10.2. The van der Waals surface area contributed by atoms with Gasteiger partial charge < -0.3 is 9.64 Å². The van der Waals surface area contributed by atoms with E-state index in [4.69, 9.17) is 22.1 Å². The van der Waals surface area contributed by atoms with Crippen molar-refractivity contribution in [1.82, 2.24) is 9.97 Å². The molecule has 2 aromatic rings. The molecule has 0 spiro atoms. The minimum atomic E-state index is -0.495. The van der Waals surface area contributed by atoms with Gasteiger partial charge in [-0.1, -0.05) is 11.6 Å². The summed E-state index contributed by atoms with van der Waals surface area (Å²) in [5.41, 5.74) is 0.651. The third-order valence-corrected chi connectivity index (χ3v) is 3.72. The van der Waals surface area contributed by atoms with Gasteiger partial charge in [-0.2, -0.15) is 10.5 Å². The Morgan fingerprint density at radius 2 is 1.73 bits per heavy atom.